The van der Waals surface area contributed by atoms with Gasteiger partial charge in [-0.1, -0.05) is 0 Å². The van der Waals surface area contributed by atoms with Gasteiger partial charge in [0.1, 0.15) is 0 Å². The maximum Gasteiger partial charge on any atom is 0.389 e. The molecule has 0 bridgehead atoms. The smallest absolute Gasteiger partial charge is 0.371 e. The molecule has 15 heavy (non-hydrogen) atoms. The van der Waals surface area contributed by atoms with E-state index in [-0.39, 0.29) is 19.1 Å². The Morgan fingerprint density at radius 1 is 1.20 bits per heavy atom. The van der Waals surface area contributed by atoms with E-state index in [1.807, 2.05) is 13.8 Å². The summed E-state index contributed by atoms with van der Waals surface area (Å²) in [6.07, 6.45) is -4.49. The first kappa shape index (κ1) is 14.7. The van der Waals surface area contributed by atoms with Gasteiger partial charge in [-0.15, -0.1) is 0 Å². The fourth-order valence-electron chi connectivity index (χ4n) is 1.44. The number of nitrogens with two attached hydrogens (primary N) is 1. The summed E-state index contributed by atoms with van der Waals surface area (Å²) >= 11 is 0. The third-order valence-electron chi connectivity index (χ3n) is 2.12. The van der Waals surface area contributed by atoms with Gasteiger partial charge in [0.25, 0.3) is 0 Å². The van der Waals surface area contributed by atoms with Crippen LogP contribution in [0.3, 0.4) is 0 Å². The molecule has 0 spiro atoms. The van der Waals surface area contributed by atoms with Crippen LogP contribution in [0.25, 0.3) is 0 Å². The van der Waals surface area contributed by atoms with Crippen molar-refractivity contribution in [1.29, 1.82) is 0 Å². The van der Waals surface area contributed by atoms with Crippen molar-refractivity contribution >= 4 is 0 Å². The molecule has 0 fully saturated rings. The molecule has 0 amide bonds. The molecule has 2 nitrogen and oxygen atoms in total. The third kappa shape index (κ3) is 7.62. The number of hydrogen-bond acceptors (Lipinski definition) is 2. The molecule has 0 radical (unpaired) electrons. The van der Waals surface area contributed by atoms with Crippen molar-refractivity contribution in [2.24, 2.45) is 5.73 Å². The van der Waals surface area contributed by atoms with Crippen molar-refractivity contribution in [1.82, 2.24) is 0 Å². The molecule has 0 aromatic rings. The van der Waals surface area contributed by atoms with Crippen LogP contribution in [0, 0.1) is 0 Å². The minimum Gasteiger partial charge on any atom is -0.371 e. The highest BCUT2D eigenvalue weighted by Crippen LogP contribution is 2.26. The molecule has 0 saturated heterocycles. The summed E-state index contributed by atoms with van der Waals surface area (Å²) in [4.78, 5) is 0. The summed E-state index contributed by atoms with van der Waals surface area (Å²) in [5.41, 5.74) is 4.86. The van der Waals surface area contributed by atoms with Gasteiger partial charge in [0.05, 0.1) is 11.7 Å². The van der Waals surface area contributed by atoms with E-state index in [9.17, 15) is 13.2 Å². The summed E-state index contributed by atoms with van der Waals surface area (Å²) < 4.78 is 41.3. The van der Waals surface area contributed by atoms with Crippen LogP contribution in [-0.4, -0.2) is 24.4 Å². The fourth-order valence-corrected chi connectivity index (χ4v) is 1.44. The monoisotopic (exact) mass is 227 g/mol. The highest BCUT2D eigenvalue weighted by molar-refractivity contribution is 4.77. The molecule has 5 heteroatoms. The van der Waals surface area contributed by atoms with Gasteiger partial charge in [-0.25, -0.2) is 0 Å². The predicted octanol–water partition coefficient (Wildman–Crippen LogP) is 2.86. The normalized spacial score (nSPS) is 16.8. The topological polar surface area (TPSA) is 35.2 Å². The van der Waals surface area contributed by atoms with E-state index in [4.69, 9.17) is 10.5 Å². The van der Waals surface area contributed by atoms with Crippen molar-refractivity contribution in [2.45, 2.75) is 57.9 Å². The van der Waals surface area contributed by atoms with Crippen molar-refractivity contribution < 1.29 is 17.9 Å². The van der Waals surface area contributed by atoms with E-state index in [1.54, 1.807) is 6.92 Å². The van der Waals surface area contributed by atoms with Gasteiger partial charge in [0.2, 0.25) is 0 Å². The Morgan fingerprint density at radius 3 is 2.07 bits per heavy atom. The summed E-state index contributed by atoms with van der Waals surface area (Å²) in [6, 6.07) is 0. The number of halogens is 3. The van der Waals surface area contributed by atoms with Gasteiger partial charge in [0.15, 0.2) is 0 Å². The molecule has 1 unspecified atom stereocenters. The zero-order valence-electron chi connectivity index (χ0n) is 9.53. The van der Waals surface area contributed by atoms with Gasteiger partial charge in [0, 0.05) is 13.0 Å². The lowest BCUT2D eigenvalue weighted by Crippen LogP contribution is -2.39. The van der Waals surface area contributed by atoms with Crippen LogP contribution in [-0.2, 0) is 4.74 Å². The second-order valence-corrected chi connectivity index (χ2v) is 4.29. The van der Waals surface area contributed by atoms with Crippen LogP contribution in [0.15, 0.2) is 0 Å². The third-order valence-corrected chi connectivity index (χ3v) is 2.12. The van der Waals surface area contributed by atoms with E-state index >= 15 is 0 Å². The molecule has 0 aliphatic rings. The highest BCUT2D eigenvalue weighted by Gasteiger charge is 2.30. The molecule has 2 N–H and O–H groups in total. The molecule has 0 aromatic heterocycles. The van der Waals surface area contributed by atoms with Gasteiger partial charge < -0.3 is 10.5 Å². The van der Waals surface area contributed by atoms with Gasteiger partial charge in [-0.3, -0.25) is 0 Å². The van der Waals surface area contributed by atoms with Crippen LogP contribution >= 0.6 is 0 Å². The van der Waals surface area contributed by atoms with Crippen LogP contribution in [0.4, 0.5) is 13.2 Å². The molecule has 1 atom stereocenters. The van der Waals surface area contributed by atoms with Crippen LogP contribution in [0.1, 0.15) is 40.0 Å². The molecule has 0 heterocycles. The Labute approximate surface area is 89.0 Å². The molecule has 0 rings (SSSR count). The minimum atomic E-state index is -4.09. The van der Waals surface area contributed by atoms with E-state index in [0.29, 0.717) is 6.42 Å². The number of hydrogen-bond donors (Lipinski definition) is 1. The summed E-state index contributed by atoms with van der Waals surface area (Å²) in [6.45, 7) is 5.68. The molecule has 0 aliphatic heterocycles. The Kier molecular flexibility index (Phi) is 5.59. The molecule has 0 aromatic carbocycles. The predicted molar refractivity (Wildman–Crippen MR) is 53.6 cm³/mol. The maximum absolute atomic E-state index is 11.9. The molecule has 0 aliphatic carbocycles. The second-order valence-electron chi connectivity index (χ2n) is 4.29. The standard InChI is InChI=1S/C10H20F3NO/c1-8(2)15-9(3,7-14)5-4-6-10(11,12)13/h8H,4-7,14H2,1-3H3. The van der Waals surface area contributed by atoms with Crippen LogP contribution in [0.5, 0.6) is 0 Å². The Bertz CT molecular complexity index is 182. The van der Waals surface area contributed by atoms with Crippen LogP contribution < -0.4 is 5.73 Å². The minimum absolute atomic E-state index is 0.0237. The average Bonchev–Trinajstić information content (AvgIpc) is 2.00. The van der Waals surface area contributed by atoms with E-state index in [2.05, 4.69) is 0 Å². The van der Waals surface area contributed by atoms with Crippen LogP contribution in [0.2, 0.25) is 0 Å². The van der Waals surface area contributed by atoms with Crippen molar-refractivity contribution in [2.75, 3.05) is 6.54 Å². The number of rotatable bonds is 6. The van der Waals surface area contributed by atoms with Crippen molar-refractivity contribution in [3.05, 3.63) is 0 Å². The van der Waals surface area contributed by atoms with Crippen molar-refractivity contribution in [3.63, 3.8) is 0 Å². The molecular formula is C10H20F3NO. The van der Waals surface area contributed by atoms with E-state index in [1.165, 1.54) is 0 Å². The Hall–Kier alpha value is -0.290. The summed E-state index contributed by atoms with van der Waals surface area (Å²) in [5.74, 6) is 0. The van der Waals surface area contributed by atoms with Gasteiger partial charge in [-0.2, -0.15) is 13.2 Å². The first-order chi connectivity index (χ1) is 6.68. The van der Waals surface area contributed by atoms with Gasteiger partial charge >= 0.3 is 6.18 Å². The first-order valence-corrected chi connectivity index (χ1v) is 5.13. The van der Waals surface area contributed by atoms with Gasteiger partial charge in [-0.05, 0) is 33.6 Å². The number of ether oxygens (including phenoxy) is 1. The lowest BCUT2D eigenvalue weighted by atomic mass is 9.98. The second kappa shape index (κ2) is 5.70. The molecule has 92 valence electrons. The SMILES string of the molecule is CC(C)OC(C)(CN)CCCC(F)(F)F. The van der Waals surface area contributed by atoms with Crippen molar-refractivity contribution in [3.8, 4) is 0 Å². The first-order valence-electron chi connectivity index (χ1n) is 5.13. The maximum atomic E-state index is 11.9. The van der Waals surface area contributed by atoms with E-state index < -0.39 is 18.2 Å². The lowest BCUT2D eigenvalue weighted by Gasteiger charge is -2.30. The quantitative estimate of drug-likeness (QED) is 0.757. The Morgan fingerprint density at radius 2 is 1.73 bits per heavy atom. The zero-order chi connectivity index (χ0) is 12.1. The fraction of sp³-hybridized carbons (Fsp3) is 1.00. The zero-order valence-corrected chi connectivity index (χ0v) is 9.53. The van der Waals surface area contributed by atoms with E-state index in [0.717, 1.165) is 0 Å². The Balaban J connectivity index is 3.99. The molecular weight excluding hydrogens is 207 g/mol. The average molecular weight is 227 g/mol. The largest absolute Gasteiger partial charge is 0.389 e. The number of alkyl halides is 3. The highest BCUT2D eigenvalue weighted by atomic mass is 19.4. The summed E-state index contributed by atoms with van der Waals surface area (Å²) in [7, 11) is 0. The molecule has 0 saturated carbocycles. The lowest BCUT2D eigenvalue weighted by molar-refractivity contribution is -0.140. The summed E-state index contributed by atoms with van der Waals surface area (Å²) in [5, 5.41) is 0.